The van der Waals surface area contributed by atoms with E-state index < -0.39 is 5.41 Å². The van der Waals surface area contributed by atoms with E-state index in [2.05, 4.69) is 10.3 Å². The molecule has 4 rings (SSSR count). The second-order valence-corrected chi connectivity index (χ2v) is 8.73. The Morgan fingerprint density at radius 2 is 1.93 bits per heavy atom. The number of hydrogen-bond acceptors (Lipinski definition) is 4. The molecule has 2 aromatic carbocycles. The van der Waals surface area contributed by atoms with Gasteiger partial charge in [-0.05, 0) is 61.7 Å². The molecule has 1 saturated heterocycles. The predicted molar refractivity (Wildman–Crippen MR) is 114 cm³/mol. The zero-order valence-electron chi connectivity index (χ0n) is 15.9. The van der Waals surface area contributed by atoms with Crippen LogP contribution >= 0.6 is 22.9 Å². The lowest BCUT2D eigenvalue weighted by molar-refractivity contribution is -0.125. The largest absolute Gasteiger partial charge is 0.381 e. The molecule has 0 saturated carbocycles. The second kappa shape index (κ2) is 8.22. The molecule has 3 aromatic rings. The summed E-state index contributed by atoms with van der Waals surface area (Å²) in [6, 6.07) is 13.6. The number of hydrogen-bond donors (Lipinski definition) is 1. The van der Waals surface area contributed by atoms with E-state index in [4.69, 9.17) is 16.3 Å². The highest BCUT2D eigenvalue weighted by Crippen LogP contribution is 2.38. The van der Waals surface area contributed by atoms with Crippen LogP contribution in [0.15, 0.2) is 48.5 Å². The zero-order chi connectivity index (χ0) is 20.4. The van der Waals surface area contributed by atoms with Crippen LogP contribution in [0.1, 0.15) is 23.3 Å². The highest BCUT2D eigenvalue weighted by atomic mass is 35.5. The highest BCUT2D eigenvalue weighted by Gasteiger charge is 2.42. The Morgan fingerprint density at radius 3 is 2.62 bits per heavy atom. The molecule has 4 nitrogen and oxygen atoms in total. The van der Waals surface area contributed by atoms with Crippen molar-refractivity contribution < 1.29 is 13.9 Å². The lowest BCUT2D eigenvalue weighted by Gasteiger charge is -2.36. The number of aromatic nitrogens is 1. The SMILES string of the molecule is Cc1sc(NC(=O)C2(c3cccc(Cl)c3)CCOCC2)nc1-c1ccc(F)cc1. The van der Waals surface area contributed by atoms with Crippen LogP contribution in [0.3, 0.4) is 0 Å². The van der Waals surface area contributed by atoms with Gasteiger partial charge in [0.25, 0.3) is 0 Å². The Kier molecular flexibility index (Phi) is 5.67. The predicted octanol–water partition coefficient (Wildman–Crippen LogP) is 5.60. The topological polar surface area (TPSA) is 51.2 Å². The first-order valence-corrected chi connectivity index (χ1v) is 10.6. The number of benzene rings is 2. The van der Waals surface area contributed by atoms with E-state index in [0.29, 0.717) is 36.2 Å². The lowest BCUT2D eigenvalue weighted by Crippen LogP contribution is -2.44. The average molecular weight is 431 g/mol. The molecule has 1 N–H and O–H groups in total. The number of ether oxygens (including phenoxy) is 1. The molecule has 1 amide bonds. The molecule has 29 heavy (non-hydrogen) atoms. The van der Waals surface area contributed by atoms with E-state index >= 15 is 0 Å². The van der Waals surface area contributed by atoms with Gasteiger partial charge in [0, 0.05) is 28.7 Å². The fourth-order valence-corrected chi connectivity index (χ4v) is 4.72. The zero-order valence-corrected chi connectivity index (χ0v) is 17.4. The standard InChI is InChI=1S/C22H20ClFN2O2S/c1-14-19(15-5-7-18(24)8-6-15)25-21(29-14)26-20(27)22(9-11-28-12-10-22)16-3-2-4-17(23)13-16/h2-8,13H,9-12H2,1H3,(H,25,26,27). The van der Waals surface area contributed by atoms with Gasteiger partial charge in [0.1, 0.15) is 5.82 Å². The molecule has 2 heterocycles. The molecule has 0 atom stereocenters. The summed E-state index contributed by atoms with van der Waals surface area (Å²) >= 11 is 7.60. The number of halogens is 2. The molecule has 0 bridgehead atoms. The third-order valence-electron chi connectivity index (χ3n) is 5.29. The number of nitrogens with one attached hydrogen (secondary N) is 1. The number of thiazole rings is 1. The number of carbonyl (C=O) groups is 1. The van der Waals surface area contributed by atoms with Gasteiger partial charge in [-0.25, -0.2) is 9.37 Å². The van der Waals surface area contributed by atoms with Gasteiger partial charge in [-0.3, -0.25) is 4.79 Å². The molecule has 150 valence electrons. The van der Waals surface area contributed by atoms with Gasteiger partial charge in [0.05, 0.1) is 11.1 Å². The van der Waals surface area contributed by atoms with Crippen molar-refractivity contribution in [1.82, 2.24) is 4.98 Å². The van der Waals surface area contributed by atoms with Crippen LogP contribution in [0.5, 0.6) is 0 Å². The Balaban J connectivity index is 1.63. The minimum Gasteiger partial charge on any atom is -0.381 e. The van der Waals surface area contributed by atoms with Crippen LogP contribution < -0.4 is 5.32 Å². The first-order valence-electron chi connectivity index (χ1n) is 9.36. The number of anilines is 1. The summed E-state index contributed by atoms with van der Waals surface area (Å²) in [5.41, 5.74) is 1.74. The molecule has 7 heteroatoms. The highest BCUT2D eigenvalue weighted by molar-refractivity contribution is 7.16. The molecule has 0 aliphatic carbocycles. The third-order valence-corrected chi connectivity index (χ3v) is 6.41. The lowest BCUT2D eigenvalue weighted by atomic mass is 9.73. The summed E-state index contributed by atoms with van der Waals surface area (Å²) in [5, 5.41) is 4.14. The fraction of sp³-hybridized carbons (Fsp3) is 0.273. The summed E-state index contributed by atoms with van der Waals surface area (Å²) < 4.78 is 18.7. The van der Waals surface area contributed by atoms with Gasteiger partial charge >= 0.3 is 0 Å². The van der Waals surface area contributed by atoms with Crippen LogP contribution in [-0.2, 0) is 14.9 Å². The quantitative estimate of drug-likeness (QED) is 0.586. The van der Waals surface area contributed by atoms with Crippen LogP contribution in [0, 0.1) is 12.7 Å². The van der Waals surface area contributed by atoms with Gasteiger partial charge in [0.15, 0.2) is 5.13 Å². The molecule has 0 spiro atoms. The van der Waals surface area contributed by atoms with Crippen molar-refractivity contribution >= 4 is 34.0 Å². The van der Waals surface area contributed by atoms with Crippen LogP contribution in [-0.4, -0.2) is 24.1 Å². The monoisotopic (exact) mass is 430 g/mol. The molecule has 1 fully saturated rings. The Morgan fingerprint density at radius 1 is 1.21 bits per heavy atom. The Labute approximate surface area is 177 Å². The number of amides is 1. The fourth-order valence-electron chi connectivity index (χ4n) is 3.70. The maximum atomic E-state index is 13.4. The van der Waals surface area contributed by atoms with Crippen molar-refractivity contribution in [2.45, 2.75) is 25.2 Å². The molecule has 1 aliphatic rings. The van der Waals surface area contributed by atoms with E-state index in [9.17, 15) is 9.18 Å². The van der Waals surface area contributed by atoms with Crippen molar-refractivity contribution in [1.29, 1.82) is 0 Å². The van der Waals surface area contributed by atoms with Crippen molar-refractivity contribution in [3.63, 3.8) is 0 Å². The minimum absolute atomic E-state index is 0.109. The van der Waals surface area contributed by atoms with Crippen molar-refractivity contribution in [2.24, 2.45) is 0 Å². The Bertz CT molecular complexity index is 1030. The summed E-state index contributed by atoms with van der Waals surface area (Å²) in [7, 11) is 0. The first kappa shape index (κ1) is 20.0. The second-order valence-electron chi connectivity index (χ2n) is 7.09. The molecular weight excluding hydrogens is 411 g/mol. The Hall–Kier alpha value is -2.28. The smallest absolute Gasteiger partial charge is 0.236 e. The summed E-state index contributed by atoms with van der Waals surface area (Å²) in [6.07, 6.45) is 1.16. The molecule has 0 radical (unpaired) electrons. The first-order chi connectivity index (χ1) is 14.0. The van der Waals surface area contributed by atoms with Crippen molar-refractivity contribution in [3.8, 4) is 11.3 Å². The summed E-state index contributed by atoms with van der Waals surface area (Å²) in [4.78, 5) is 19.0. The molecule has 1 aromatic heterocycles. The number of rotatable bonds is 4. The third kappa shape index (κ3) is 4.06. The average Bonchev–Trinajstić information content (AvgIpc) is 3.09. The van der Waals surface area contributed by atoms with E-state index in [1.165, 1.54) is 23.5 Å². The molecule has 1 aliphatic heterocycles. The van der Waals surface area contributed by atoms with Crippen LogP contribution in [0.2, 0.25) is 5.02 Å². The van der Waals surface area contributed by atoms with E-state index in [-0.39, 0.29) is 11.7 Å². The molecule has 0 unspecified atom stereocenters. The van der Waals surface area contributed by atoms with E-state index in [1.54, 1.807) is 18.2 Å². The van der Waals surface area contributed by atoms with Gasteiger partial charge < -0.3 is 10.1 Å². The molecular formula is C22H20ClFN2O2S. The summed E-state index contributed by atoms with van der Waals surface area (Å²) in [5.74, 6) is -0.402. The number of carbonyl (C=O) groups excluding carboxylic acids is 1. The van der Waals surface area contributed by atoms with Crippen molar-refractivity contribution in [3.05, 3.63) is 69.8 Å². The van der Waals surface area contributed by atoms with Gasteiger partial charge in [-0.15, -0.1) is 11.3 Å². The van der Waals surface area contributed by atoms with Gasteiger partial charge in [0.2, 0.25) is 5.91 Å². The van der Waals surface area contributed by atoms with Crippen LogP contribution in [0.4, 0.5) is 9.52 Å². The normalized spacial score (nSPS) is 15.8. The maximum absolute atomic E-state index is 13.4. The summed E-state index contributed by atoms with van der Waals surface area (Å²) in [6.45, 7) is 2.96. The minimum atomic E-state index is -0.710. The van der Waals surface area contributed by atoms with Gasteiger partial charge in [-0.1, -0.05) is 23.7 Å². The van der Waals surface area contributed by atoms with Crippen molar-refractivity contribution in [2.75, 3.05) is 18.5 Å². The number of aryl methyl sites for hydroxylation is 1. The van der Waals surface area contributed by atoms with Crippen LogP contribution in [0.25, 0.3) is 11.3 Å². The van der Waals surface area contributed by atoms with E-state index in [1.807, 2.05) is 25.1 Å². The van der Waals surface area contributed by atoms with E-state index in [0.717, 1.165) is 21.7 Å². The van der Waals surface area contributed by atoms with Gasteiger partial charge in [-0.2, -0.15) is 0 Å². The number of nitrogens with zero attached hydrogens (tertiary/aromatic N) is 1. The maximum Gasteiger partial charge on any atom is 0.236 e.